The minimum atomic E-state index is -0.970. The quantitative estimate of drug-likeness (QED) is 0.270. The number of aromatic nitrogens is 3. The fraction of sp³-hybridized carbons (Fsp3) is 0.0714. The third-order valence-electron chi connectivity index (χ3n) is 6.29. The highest BCUT2D eigenvalue weighted by atomic mass is 32.1. The summed E-state index contributed by atoms with van der Waals surface area (Å²) in [6.45, 7) is 1.73. The third-order valence-corrected chi connectivity index (χ3v) is 7.50. The summed E-state index contributed by atoms with van der Waals surface area (Å²) in [5, 5.41) is 21.6. The van der Waals surface area contributed by atoms with Crippen LogP contribution in [0, 0.1) is 6.92 Å². The molecule has 0 fully saturated rings. The second-order valence-electron chi connectivity index (χ2n) is 8.64. The number of H-pyrrole nitrogens is 1. The average molecular weight is 509 g/mol. The maximum atomic E-state index is 14.0. The van der Waals surface area contributed by atoms with Crippen LogP contribution in [0.1, 0.15) is 27.0 Å². The van der Waals surface area contributed by atoms with Crippen LogP contribution in [0.3, 0.4) is 0 Å². The number of benzene rings is 3. The van der Waals surface area contributed by atoms with Crippen LogP contribution in [0.4, 0.5) is 5.95 Å². The molecule has 0 spiro atoms. The number of anilines is 1. The lowest BCUT2D eigenvalue weighted by Crippen LogP contribution is -2.32. The summed E-state index contributed by atoms with van der Waals surface area (Å²) in [5.41, 5.74) is 3.19. The van der Waals surface area contributed by atoms with E-state index in [-0.39, 0.29) is 17.3 Å². The second-order valence-corrected chi connectivity index (χ2v) is 9.64. The van der Waals surface area contributed by atoms with Gasteiger partial charge in [-0.1, -0.05) is 54.6 Å². The number of aromatic hydroxyl groups is 1. The van der Waals surface area contributed by atoms with Crippen molar-refractivity contribution in [1.82, 2.24) is 15.0 Å². The number of amides is 1. The maximum Gasteiger partial charge on any atom is 0.296 e. The first kappa shape index (κ1) is 22.7. The van der Waals surface area contributed by atoms with Gasteiger partial charge in [-0.15, -0.1) is 11.3 Å². The summed E-state index contributed by atoms with van der Waals surface area (Å²) in [6.07, 6.45) is 0. The van der Waals surface area contributed by atoms with Gasteiger partial charge in [0.2, 0.25) is 11.7 Å². The number of aryl methyl sites for hydroxylation is 1. The van der Waals surface area contributed by atoms with Crippen molar-refractivity contribution in [2.45, 2.75) is 13.0 Å². The predicted octanol–water partition coefficient (Wildman–Crippen LogP) is 5.48. The summed E-state index contributed by atoms with van der Waals surface area (Å²) in [4.78, 5) is 41.3. The molecule has 0 bridgehead atoms. The molecule has 5 aromatic rings. The monoisotopic (exact) mass is 508 g/mol. The zero-order valence-corrected chi connectivity index (χ0v) is 20.4. The number of imidazole rings is 1. The molecule has 2 aromatic heterocycles. The fourth-order valence-electron chi connectivity index (χ4n) is 4.51. The molecule has 1 atom stereocenters. The Morgan fingerprint density at radius 3 is 2.38 bits per heavy atom. The van der Waals surface area contributed by atoms with Gasteiger partial charge in [0.15, 0.2) is 5.76 Å². The first-order valence-electron chi connectivity index (χ1n) is 11.5. The van der Waals surface area contributed by atoms with Gasteiger partial charge in [-0.2, -0.15) is 0 Å². The van der Waals surface area contributed by atoms with Gasteiger partial charge in [0.25, 0.3) is 5.91 Å². The maximum absolute atomic E-state index is 14.0. The molecule has 9 heteroatoms. The minimum Gasteiger partial charge on any atom is -0.508 e. The second kappa shape index (κ2) is 8.72. The highest BCUT2D eigenvalue weighted by molar-refractivity contribution is 7.17. The molecular weight excluding hydrogens is 488 g/mol. The predicted molar refractivity (Wildman–Crippen MR) is 141 cm³/mol. The average Bonchev–Trinajstić information content (AvgIpc) is 3.58. The molecule has 1 aliphatic heterocycles. The van der Waals surface area contributed by atoms with Crippen LogP contribution in [0.25, 0.3) is 21.6 Å². The van der Waals surface area contributed by atoms with Crippen LogP contribution in [0.2, 0.25) is 0 Å². The van der Waals surface area contributed by atoms with E-state index in [1.165, 1.54) is 28.4 Å². The number of ketones is 1. The molecule has 1 amide bonds. The topological polar surface area (TPSA) is 119 Å². The van der Waals surface area contributed by atoms with Crippen LogP contribution in [0.5, 0.6) is 5.75 Å². The van der Waals surface area contributed by atoms with Crippen molar-refractivity contribution >= 4 is 40.0 Å². The molecule has 3 heterocycles. The standard InChI is InChI=1S/C28H20N4O4S/c1-15-25(37-26(29-15)17-7-3-2-4-8-17)23(34)21-22(16-11-13-18(33)14-12-16)32(27(36)24(21)35)28-30-19-9-5-6-10-20(19)31-28/h2-14,22,33,35H,1H3,(H,30,31). The Kier molecular flexibility index (Phi) is 5.35. The smallest absolute Gasteiger partial charge is 0.296 e. The molecule has 8 nitrogen and oxygen atoms in total. The van der Waals surface area contributed by atoms with Gasteiger partial charge in [-0.05, 0) is 36.8 Å². The van der Waals surface area contributed by atoms with Gasteiger partial charge in [-0.25, -0.2) is 9.97 Å². The van der Waals surface area contributed by atoms with Gasteiger partial charge in [-0.3, -0.25) is 14.5 Å². The van der Waals surface area contributed by atoms with Gasteiger partial charge in [0.05, 0.1) is 33.2 Å². The first-order valence-corrected chi connectivity index (χ1v) is 12.3. The van der Waals surface area contributed by atoms with Crippen molar-refractivity contribution in [3.05, 3.63) is 106 Å². The molecule has 0 radical (unpaired) electrons. The number of hydrogen-bond acceptors (Lipinski definition) is 7. The van der Waals surface area contributed by atoms with E-state index >= 15 is 0 Å². The molecule has 1 aliphatic rings. The highest BCUT2D eigenvalue weighted by Crippen LogP contribution is 2.43. The van der Waals surface area contributed by atoms with E-state index in [0.717, 1.165) is 5.56 Å². The van der Waals surface area contributed by atoms with Crippen LogP contribution in [-0.4, -0.2) is 36.9 Å². The van der Waals surface area contributed by atoms with Crippen LogP contribution < -0.4 is 4.90 Å². The number of fused-ring (bicyclic) bond motifs is 1. The molecule has 0 saturated carbocycles. The Balaban J connectivity index is 1.48. The molecule has 0 saturated heterocycles. The van der Waals surface area contributed by atoms with Gasteiger partial charge < -0.3 is 15.2 Å². The van der Waals surface area contributed by atoms with E-state index in [2.05, 4.69) is 15.0 Å². The molecule has 0 aliphatic carbocycles. The van der Waals surface area contributed by atoms with Gasteiger partial charge >= 0.3 is 0 Å². The lowest BCUT2D eigenvalue weighted by molar-refractivity contribution is -0.117. The zero-order chi connectivity index (χ0) is 25.7. The lowest BCUT2D eigenvalue weighted by Gasteiger charge is -2.24. The summed E-state index contributed by atoms with van der Waals surface area (Å²) in [5.74, 6) is -1.64. The van der Waals surface area contributed by atoms with Crippen molar-refractivity contribution in [3.63, 3.8) is 0 Å². The van der Waals surface area contributed by atoms with Crippen molar-refractivity contribution in [1.29, 1.82) is 0 Å². The van der Waals surface area contributed by atoms with E-state index < -0.39 is 23.5 Å². The number of hydrogen-bond donors (Lipinski definition) is 3. The van der Waals surface area contributed by atoms with Crippen molar-refractivity contribution < 1.29 is 19.8 Å². The number of aromatic amines is 1. The number of nitrogens with one attached hydrogen (secondary N) is 1. The molecule has 6 rings (SSSR count). The summed E-state index contributed by atoms with van der Waals surface area (Å²) < 4.78 is 0. The number of Topliss-reactive ketones (excluding diaryl/α,β-unsaturated/α-hetero) is 1. The number of carbonyl (C=O) groups is 2. The van der Waals surface area contributed by atoms with E-state index in [1.54, 1.807) is 25.1 Å². The summed E-state index contributed by atoms with van der Waals surface area (Å²) >= 11 is 1.21. The van der Waals surface area contributed by atoms with Crippen molar-refractivity contribution in [2.75, 3.05) is 4.90 Å². The Bertz CT molecular complexity index is 1670. The number of aliphatic hydroxyl groups is 1. The number of aliphatic hydroxyl groups excluding tert-OH is 1. The van der Waals surface area contributed by atoms with E-state index in [1.807, 2.05) is 48.5 Å². The molecule has 3 aromatic carbocycles. The normalized spacial score (nSPS) is 15.6. The number of rotatable bonds is 5. The Morgan fingerprint density at radius 1 is 0.946 bits per heavy atom. The molecule has 1 unspecified atom stereocenters. The van der Waals surface area contributed by atoms with E-state index in [9.17, 15) is 19.8 Å². The van der Waals surface area contributed by atoms with Crippen molar-refractivity contribution in [2.24, 2.45) is 0 Å². The number of para-hydroxylation sites is 2. The van der Waals surface area contributed by atoms with Crippen LogP contribution in [-0.2, 0) is 4.79 Å². The number of phenols is 1. The molecule has 37 heavy (non-hydrogen) atoms. The molecule has 3 N–H and O–H groups in total. The molecule has 182 valence electrons. The molecular formula is C28H20N4O4S. The Hall–Kier alpha value is -4.76. The third kappa shape index (κ3) is 3.76. The fourth-order valence-corrected chi connectivity index (χ4v) is 5.54. The lowest BCUT2D eigenvalue weighted by atomic mass is 9.95. The van der Waals surface area contributed by atoms with E-state index in [4.69, 9.17) is 0 Å². The number of thiazole rings is 1. The summed E-state index contributed by atoms with van der Waals surface area (Å²) in [6, 6.07) is 22.0. The van der Waals surface area contributed by atoms with Crippen LogP contribution >= 0.6 is 11.3 Å². The number of phenolic OH excluding ortho intramolecular Hbond substituents is 1. The van der Waals surface area contributed by atoms with E-state index in [0.29, 0.717) is 32.2 Å². The minimum absolute atomic E-state index is 0.0373. The Morgan fingerprint density at radius 2 is 1.65 bits per heavy atom. The SMILES string of the molecule is Cc1nc(-c2ccccc2)sc1C(=O)C1=C(O)C(=O)N(c2nc3ccccc3[nH]2)C1c1ccc(O)cc1. The van der Waals surface area contributed by atoms with Crippen molar-refractivity contribution in [3.8, 4) is 16.3 Å². The first-order chi connectivity index (χ1) is 17.9. The van der Waals surface area contributed by atoms with Gasteiger partial charge in [0, 0.05) is 5.56 Å². The Labute approximate surface area is 215 Å². The summed E-state index contributed by atoms with van der Waals surface area (Å²) in [7, 11) is 0. The van der Waals surface area contributed by atoms with Crippen LogP contribution in [0.15, 0.2) is 90.2 Å². The largest absolute Gasteiger partial charge is 0.508 e. The number of nitrogens with zero attached hydrogens (tertiary/aromatic N) is 3. The highest BCUT2D eigenvalue weighted by Gasteiger charge is 2.46. The number of carbonyl (C=O) groups excluding carboxylic acids is 2. The van der Waals surface area contributed by atoms with Gasteiger partial charge in [0.1, 0.15) is 10.8 Å². The zero-order valence-electron chi connectivity index (χ0n) is 19.5.